The Morgan fingerprint density at radius 3 is 2.95 bits per heavy atom. The van der Waals surface area contributed by atoms with Gasteiger partial charge in [0, 0.05) is 6.54 Å². The predicted octanol–water partition coefficient (Wildman–Crippen LogP) is 1.76. The number of nitrogens with zero attached hydrogens (tertiary/aromatic N) is 3. The third kappa shape index (κ3) is 3.72. The predicted molar refractivity (Wildman–Crippen MR) is 76.4 cm³/mol. The second-order valence-electron chi connectivity index (χ2n) is 4.37. The number of anilines is 1. The molecule has 106 valence electrons. The number of carboxylic acids is 1. The summed E-state index contributed by atoms with van der Waals surface area (Å²) in [4.78, 5) is 24.0. The van der Waals surface area contributed by atoms with E-state index in [1.807, 2.05) is 6.07 Å². The molecule has 0 fully saturated rings. The molecule has 20 heavy (non-hydrogen) atoms. The smallest absolute Gasteiger partial charge is 0.304 e. The van der Waals surface area contributed by atoms with Crippen LogP contribution in [0, 0.1) is 0 Å². The van der Waals surface area contributed by atoms with Crippen LogP contribution in [0.3, 0.4) is 0 Å². The largest absolute Gasteiger partial charge is 0.481 e. The normalized spacial score (nSPS) is 12.1. The van der Waals surface area contributed by atoms with Crippen molar-refractivity contribution in [3.63, 3.8) is 0 Å². The number of rotatable bonds is 6. The number of nitrogens with one attached hydrogen (secondary N) is 1. The molecule has 1 aliphatic rings. The van der Waals surface area contributed by atoms with Crippen LogP contribution >= 0.6 is 0 Å². The van der Waals surface area contributed by atoms with Gasteiger partial charge in [-0.25, -0.2) is 0 Å². The molecule has 0 radical (unpaired) electrons. The summed E-state index contributed by atoms with van der Waals surface area (Å²) in [7, 11) is 1.70. The van der Waals surface area contributed by atoms with Crippen molar-refractivity contribution in [3.8, 4) is 0 Å². The van der Waals surface area contributed by atoms with Crippen molar-refractivity contribution in [1.29, 1.82) is 0 Å². The second kappa shape index (κ2) is 6.40. The molecule has 0 saturated heterocycles. The molecule has 0 saturated carbocycles. The summed E-state index contributed by atoms with van der Waals surface area (Å²) in [5.41, 5.74) is 2.03. The Kier molecular flexibility index (Phi) is 4.59. The molecule has 1 amide bonds. The minimum Gasteiger partial charge on any atom is -0.481 e. The van der Waals surface area contributed by atoms with Gasteiger partial charge in [0.25, 0.3) is 0 Å². The van der Waals surface area contributed by atoms with Crippen molar-refractivity contribution >= 4 is 40.3 Å². The van der Waals surface area contributed by atoms with E-state index in [4.69, 9.17) is 5.11 Å². The highest BCUT2D eigenvalue weighted by molar-refractivity contribution is 7.58. The number of carbonyl (C=O) groups is 2. The minimum absolute atomic E-state index is 0.00929. The Labute approximate surface area is 119 Å². The molecule has 1 aliphatic heterocycles. The van der Waals surface area contributed by atoms with Gasteiger partial charge >= 0.3 is 5.97 Å². The molecule has 7 nitrogen and oxygen atoms in total. The lowest BCUT2D eigenvalue weighted by Gasteiger charge is -2.15. The van der Waals surface area contributed by atoms with Gasteiger partial charge in [-0.15, -0.1) is 0 Å². The molecule has 2 N–H and O–H groups in total. The highest BCUT2D eigenvalue weighted by atomic mass is 32.1. The van der Waals surface area contributed by atoms with Gasteiger partial charge < -0.3 is 10.4 Å². The van der Waals surface area contributed by atoms with Gasteiger partial charge in [0.15, 0.2) is 0 Å². The molecule has 8 heteroatoms. The van der Waals surface area contributed by atoms with E-state index >= 15 is 0 Å². The minimum atomic E-state index is -0.879. The van der Waals surface area contributed by atoms with Crippen molar-refractivity contribution in [2.75, 3.05) is 25.5 Å². The number of hydrogen-bond donors (Lipinski definition) is 2. The zero-order valence-corrected chi connectivity index (χ0v) is 11.7. The van der Waals surface area contributed by atoms with Crippen LogP contribution in [0.2, 0.25) is 0 Å². The lowest BCUT2D eigenvalue weighted by Crippen LogP contribution is -2.31. The summed E-state index contributed by atoms with van der Waals surface area (Å²) >= 11 is 1.09. The summed E-state index contributed by atoms with van der Waals surface area (Å²) in [6.07, 6.45) is 0.00929. The van der Waals surface area contributed by atoms with E-state index in [9.17, 15) is 9.59 Å². The van der Waals surface area contributed by atoms with Gasteiger partial charge in [0.05, 0.1) is 30.0 Å². The summed E-state index contributed by atoms with van der Waals surface area (Å²) in [5.74, 6) is -1.09. The maximum atomic E-state index is 11.9. The average molecular weight is 294 g/mol. The molecule has 0 atom stereocenters. The van der Waals surface area contributed by atoms with Crippen molar-refractivity contribution in [1.82, 2.24) is 4.90 Å². The van der Waals surface area contributed by atoms with Gasteiger partial charge in [-0.05, 0) is 19.2 Å². The molecular weight excluding hydrogens is 280 g/mol. The highest BCUT2D eigenvalue weighted by Crippen LogP contribution is 2.38. The number of likely N-dealkylation sites (N-methyl/N-ethyl adjacent to an activating group) is 1. The average Bonchev–Trinajstić information content (AvgIpc) is 2.85. The van der Waals surface area contributed by atoms with Crippen LogP contribution in [-0.2, 0) is 20.9 Å². The summed E-state index contributed by atoms with van der Waals surface area (Å²) < 4.78 is 8.23. The monoisotopic (exact) mass is 294 g/mol. The van der Waals surface area contributed by atoms with E-state index in [0.717, 1.165) is 17.0 Å². The van der Waals surface area contributed by atoms with Gasteiger partial charge in [-0.2, -0.15) is 8.73 Å². The fourth-order valence-corrected chi connectivity index (χ4v) is 2.26. The van der Waals surface area contributed by atoms with Gasteiger partial charge in [0.1, 0.15) is 11.4 Å². The molecule has 0 spiro atoms. The van der Waals surface area contributed by atoms with E-state index in [1.165, 1.54) is 0 Å². The SMILES string of the molecule is CN(CCC(=O)O)CC(=O)Nc1cccc2c1N=S=N2. The molecular formula is C12H14N4O3S. The zero-order valence-electron chi connectivity index (χ0n) is 10.9. The van der Waals surface area contributed by atoms with Crippen LogP contribution in [0.15, 0.2) is 26.9 Å². The number of amides is 1. The Morgan fingerprint density at radius 1 is 1.40 bits per heavy atom. The third-order valence-corrected chi connectivity index (χ3v) is 3.22. The Bertz CT molecular complexity index is 611. The number of hydrogen-bond acceptors (Lipinski definition) is 5. The van der Waals surface area contributed by atoms with Crippen molar-refractivity contribution < 1.29 is 14.7 Å². The lowest BCUT2D eigenvalue weighted by atomic mass is 10.2. The molecule has 1 aromatic rings. The topological polar surface area (TPSA) is 94.4 Å². The highest BCUT2D eigenvalue weighted by Gasteiger charge is 2.14. The van der Waals surface area contributed by atoms with E-state index in [-0.39, 0.29) is 18.9 Å². The molecule has 1 aromatic carbocycles. The first kappa shape index (κ1) is 14.4. The van der Waals surface area contributed by atoms with Crippen LogP contribution in [-0.4, -0.2) is 42.0 Å². The van der Waals surface area contributed by atoms with E-state index in [0.29, 0.717) is 17.9 Å². The fraction of sp³-hybridized carbons (Fsp3) is 0.333. The second-order valence-corrected chi connectivity index (χ2v) is 4.90. The molecule has 0 unspecified atom stereocenters. The molecule has 0 aromatic heterocycles. The lowest BCUT2D eigenvalue weighted by molar-refractivity contribution is -0.137. The van der Waals surface area contributed by atoms with Crippen LogP contribution in [0.4, 0.5) is 17.1 Å². The van der Waals surface area contributed by atoms with Crippen LogP contribution < -0.4 is 5.32 Å². The van der Waals surface area contributed by atoms with E-state index in [1.54, 1.807) is 24.1 Å². The quantitative estimate of drug-likeness (QED) is 0.848. The molecule has 2 rings (SSSR count). The number of aliphatic carboxylic acids is 1. The summed E-state index contributed by atoms with van der Waals surface area (Å²) in [6.45, 7) is 0.451. The van der Waals surface area contributed by atoms with E-state index in [2.05, 4.69) is 14.0 Å². The maximum Gasteiger partial charge on any atom is 0.304 e. The van der Waals surface area contributed by atoms with Gasteiger partial charge in [0.2, 0.25) is 5.91 Å². The third-order valence-electron chi connectivity index (χ3n) is 2.68. The number of benzene rings is 1. The first-order valence-corrected chi connectivity index (χ1v) is 6.71. The van der Waals surface area contributed by atoms with Gasteiger partial charge in [-0.3, -0.25) is 14.5 Å². The van der Waals surface area contributed by atoms with Crippen molar-refractivity contribution in [2.24, 2.45) is 8.73 Å². The zero-order chi connectivity index (χ0) is 14.5. The molecule has 1 heterocycles. The van der Waals surface area contributed by atoms with Crippen molar-refractivity contribution in [2.45, 2.75) is 6.42 Å². The van der Waals surface area contributed by atoms with Crippen molar-refractivity contribution in [3.05, 3.63) is 18.2 Å². The number of fused-ring (bicyclic) bond motifs is 1. The maximum absolute atomic E-state index is 11.9. The molecule has 0 bridgehead atoms. The Balaban J connectivity index is 1.91. The summed E-state index contributed by atoms with van der Waals surface area (Å²) in [5, 5.41) is 11.4. The van der Waals surface area contributed by atoms with Crippen LogP contribution in [0.25, 0.3) is 0 Å². The first-order valence-electron chi connectivity index (χ1n) is 5.98. The summed E-state index contributed by atoms with van der Waals surface area (Å²) in [6, 6.07) is 5.39. The first-order chi connectivity index (χ1) is 9.56. The van der Waals surface area contributed by atoms with Crippen LogP contribution in [0.5, 0.6) is 0 Å². The number of carbonyl (C=O) groups excluding carboxylic acids is 1. The van der Waals surface area contributed by atoms with Crippen LogP contribution in [0.1, 0.15) is 6.42 Å². The Morgan fingerprint density at radius 2 is 2.20 bits per heavy atom. The Hall–Kier alpha value is -2.06. The fourth-order valence-electron chi connectivity index (χ4n) is 1.71. The number of carboxylic acid groups (broad SMARTS) is 1. The van der Waals surface area contributed by atoms with E-state index < -0.39 is 5.97 Å². The molecule has 0 aliphatic carbocycles. The standard InChI is InChI=1S/C12H14N4O3S/c1-16(6-5-11(18)19)7-10(17)13-8-3-2-4-9-12(8)15-20-14-9/h2-4H,5-7H2,1H3,(H,13,17)(H,18,19). The van der Waals surface area contributed by atoms with Gasteiger partial charge in [-0.1, -0.05) is 6.07 Å².